The lowest BCUT2D eigenvalue weighted by Crippen LogP contribution is -2.52. The smallest absolute Gasteiger partial charge is 0.192 e. The Bertz CT molecular complexity index is 260. The summed E-state index contributed by atoms with van der Waals surface area (Å²) in [6, 6.07) is 0. The van der Waals surface area contributed by atoms with Gasteiger partial charge in [0.25, 0.3) is 0 Å². The SMILES string of the molecule is C[C@H]1COC(O)[C@H](C)[C@H]1O[Si](C)(C)C(C)(C)C. The summed E-state index contributed by atoms with van der Waals surface area (Å²) in [7, 11) is -1.77. The average Bonchev–Trinajstić information content (AvgIpc) is 2.17. The third-order valence-corrected chi connectivity index (χ3v) is 8.77. The van der Waals surface area contributed by atoms with Gasteiger partial charge in [0.05, 0.1) is 12.7 Å². The number of hydrogen-bond donors (Lipinski definition) is 1. The molecule has 0 aliphatic carbocycles. The van der Waals surface area contributed by atoms with Gasteiger partial charge in [0, 0.05) is 11.8 Å². The Morgan fingerprint density at radius 2 is 1.76 bits per heavy atom. The highest BCUT2D eigenvalue weighted by Gasteiger charge is 2.44. The van der Waals surface area contributed by atoms with Gasteiger partial charge >= 0.3 is 0 Å². The molecule has 0 saturated carbocycles. The van der Waals surface area contributed by atoms with Gasteiger partial charge in [-0.1, -0.05) is 34.6 Å². The van der Waals surface area contributed by atoms with E-state index in [0.717, 1.165) is 0 Å². The lowest BCUT2D eigenvalue weighted by atomic mass is 9.91. The molecule has 1 fully saturated rings. The van der Waals surface area contributed by atoms with E-state index < -0.39 is 14.6 Å². The minimum absolute atomic E-state index is 0.0490. The summed E-state index contributed by atoms with van der Waals surface area (Å²) in [6.07, 6.45) is -0.569. The molecule has 1 N–H and O–H groups in total. The van der Waals surface area contributed by atoms with Crippen molar-refractivity contribution in [1.29, 1.82) is 0 Å². The lowest BCUT2D eigenvalue weighted by Gasteiger charge is -2.45. The first-order valence-electron chi connectivity index (χ1n) is 6.54. The molecule has 1 aliphatic heterocycles. The predicted molar refractivity (Wildman–Crippen MR) is 72.4 cm³/mol. The minimum atomic E-state index is -1.77. The Morgan fingerprint density at radius 1 is 1.24 bits per heavy atom. The van der Waals surface area contributed by atoms with E-state index in [2.05, 4.69) is 40.8 Å². The molecule has 4 atom stereocenters. The summed E-state index contributed by atoms with van der Waals surface area (Å²) in [4.78, 5) is 0. The summed E-state index contributed by atoms with van der Waals surface area (Å²) in [6.45, 7) is 16.0. The highest BCUT2D eigenvalue weighted by Crippen LogP contribution is 2.40. The molecule has 102 valence electrons. The van der Waals surface area contributed by atoms with Crippen molar-refractivity contribution < 1.29 is 14.3 Å². The van der Waals surface area contributed by atoms with Crippen molar-refractivity contribution in [3.05, 3.63) is 0 Å². The van der Waals surface area contributed by atoms with Gasteiger partial charge in [0.1, 0.15) is 0 Å². The maximum Gasteiger partial charge on any atom is 0.192 e. The fraction of sp³-hybridized carbons (Fsp3) is 1.00. The molecule has 1 unspecified atom stereocenters. The number of ether oxygens (including phenoxy) is 1. The molecule has 1 saturated heterocycles. The van der Waals surface area contributed by atoms with Gasteiger partial charge in [-0.15, -0.1) is 0 Å². The molecule has 4 heteroatoms. The van der Waals surface area contributed by atoms with Crippen LogP contribution in [0.1, 0.15) is 34.6 Å². The molecule has 1 rings (SSSR count). The van der Waals surface area contributed by atoms with Crippen LogP contribution in [-0.2, 0) is 9.16 Å². The number of rotatable bonds is 2. The van der Waals surface area contributed by atoms with E-state index in [9.17, 15) is 5.11 Å². The van der Waals surface area contributed by atoms with E-state index in [0.29, 0.717) is 12.5 Å². The Balaban J connectivity index is 2.78. The van der Waals surface area contributed by atoms with Gasteiger partial charge < -0.3 is 14.3 Å². The van der Waals surface area contributed by atoms with Crippen LogP contribution >= 0.6 is 0 Å². The highest BCUT2D eigenvalue weighted by molar-refractivity contribution is 6.74. The monoisotopic (exact) mass is 260 g/mol. The maximum atomic E-state index is 9.78. The van der Waals surface area contributed by atoms with Crippen molar-refractivity contribution >= 4 is 8.32 Å². The molecule has 17 heavy (non-hydrogen) atoms. The first-order valence-corrected chi connectivity index (χ1v) is 9.44. The van der Waals surface area contributed by atoms with Crippen LogP contribution < -0.4 is 0 Å². The van der Waals surface area contributed by atoms with Crippen LogP contribution in [0, 0.1) is 11.8 Å². The second kappa shape index (κ2) is 5.00. The molecule has 0 aromatic rings. The Labute approximate surface area is 107 Å². The van der Waals surface area contributed by atoms with Gasteiger partial charge in [-0.25, -0.2) is 0 Å². The second-order valence-corrected chi connectivity index (χ2v) is 11.7. The van der Waals surface area contributed by atoms with E-state index >= 15 is 0 Å². The number of aliphatic hydroxyl groups excluding tert-OH is 1. The Hall–Kier alpha value is 0.0969. The van der Waals surface area contributed by atoms with Crippen LogP contribution in [0.3, 0.4) is 0 Å². The maximum absolute atomic E-state index is 9.78. The number of aliphatic hydroxyl groups is 1. The van der Waals surface area contributed by atoms with Gasteiger partial charge in [-0.05, 0) is 18.1 Å². The molecule has 0 spiro atoms. The van der Waals surface area contributed by atoms with Crippen LogP contribution in [0.4, 0.5) is 0 Å². The van der Waals surface area contributed by atoms with Gasteiger partial charge in [0.15, 0.2) is 14.6 Å². The molecule has 1 heterocycles. The summed E-state index contributed by atoms with van der Waals surface area (Å²) >= 11 is 0. The van der Waals surface area contributed by atoms with E-state index in [1.54, 1.807) is 0 Å². The van der Waals surface area contributed by atoms with Crippen LogP contribution in [0.5, 0.6) is 0 Å². The standard InChI is InChI=1S/C13H28O3Si/c1-9-8-15-12(14)10(2)11(9)16-17(6,7)13(3,4)5/h9-12,14H,8H2,1-7H3/t9-,10+,11-,12?/m0/s1. The zero-order valence-electron chi connectivity index (χ0n) is 12.3. The van der Waals surface area contributed by atoms with E-state index in [1.807, 2.05) is 6.92 Å². The van der Waals surface area contributed by atoms with E-state index in [4.69, 9.17) is 9.16 Å². The van der Waals surface area contributed by atoms with Crippen molar-refractivity contribution in [2.24, 2.45) is 11.8 Å². The summed E-state index contributed by atoms with van der Waals surface area (Å²) in [5, 5.41) is 9.98. The summed E-state index contributed by atoms with van der Waals surface area (Å²) in [5.74, 6) is 0.399. The van der Waals surface area contributed by atoms with Crippen LogP contribution in [-0.4, -0.2) is 32.4 Å². The molecule has 0 bridgehead atoms. The molecular weight excluding hydrogens is 232 g/mol. The van der Waals surface area contributed by atoms with Gasteiger partial charge in [0.2, 0.25) is 0 Å². The second-order valence-electron chi connectivity index (χ2n) is 6.90. The average molecular weight is 260 g/mol. The van der Waals surface area contributed by atoms with Crippen molar-refractivity contribution in [1.82, 2.24) is 0 Å². The van der Waals surface area contributed by atoms with Crippen molar-refractivity contribution in [3.63, 3.8) is 0 Å². The van der Waals surface area contributed by atoms with Crippen molar-refractivity contribution in [3.8, 4) is 0 Å². The third kappa shape index (κ3) is 3.31. The Morgan fingerprint density at radius 3 is 2.24 bits per heavy atom. The topological polar surface area (TPSA) is 38.7 Å². The fourth-order valence-electron chi connectivity index (χ4n) is 1.92. The largest absolute Gasteiger partial charge is 0.413 e. The minimum Gasteiger partial charge on any atom is -0.413 e. The molecule has 0 aromatic carbocycles. The van der Waals surface area contributed by atoms with E-state index in [1.165, 1.54) is 0 Å². The zero-order chi connectivity index (χ0) is 13.4. The molecule has 0 radical (unpaired) electrons. The summed E-state index contributed by atoms with van der Waals surface area (Å²) < 4.78 is 11.8. The van der Waals surface area contributed by atoms with Crippen molar-refractivity contribution in [2.75, 3.05) is 6.61 Å². The first kappa shape index (κ1) is 15.2. The molecular formula is C13H28O3Si. The molecule has 1 aliphatic rings. The van der Waals surface area contributed by atoms with Crippen LogP contribution in [0.25, 0.3) is 0 Å². The first-order chi connectivity index (χ1) is 7.56. The zero-order valence-corrected chi connectivity index (χ0v) is 13.3. The van der Waals surface area contributed by atoms with Gasteiger partial charge in [-0.2, -0.15) is 0 Å². The van der Waals surface area contributed by atoms with Gasteiger partial charge in [-0.3, -0.25) is 0 Å². The normalized spacial score (nSPS) is 36.0. The van der Waals surface area contributed by atoms with Crippen LogP contribution in [0.2, 0.25) is 18.1 Å². The molecule has 3 nitrogen and oxygen atoms in total. The highest BCUT2D eigenvalue weighted by atomic mass is 28.4. The molecule has 0 amide bonds. The lowest BCUT2D eigenvalue weighted by molar-refractivity contribution is -0.203. The summed E-state index contributed by atoms with van der Waals surface area (Å²) in [5.41, 5.74) is 0. The Kier molecular flexibility index (Phi) is 4.45. The quantitative estimate of drug-likeness (QED) is 0.776. The number of hydrogen-bond acceptors (Lipinski definition) is 3. The predicted octanol–water partition coefficient (Wildman–Crippen LogP) is 3.00. The van der Waals surface area contributed by atoms with Crippen molar-refractivity contribution in [2.45, 2.75) is 65.1 Å². The molecule has 0 aromatic heterocycles. The van der Waals surface area contributed by atoms with E-state index in [-0.39, 0.29) is 17.1 Å². The third-order valence-electron chi connectivity index (χ3n) is 4.30. The fourth-order valence-corrected chi connectivity index (χ4v) is 3.40. The van der Waals surface area contributed by atoms with Crippen LogP contribution in [0.15, 0.2) is 0 Å².